The van der Waals surface area contributed by atoms with Crippen molar-refractivity contribution in [3.05, 3.63) is 41.2 Å². The lowest BCUT2D eigenvalue weighted by Gasteiger charge is -2.32. The van der Waals surface area contributed by atoms with E-state index in [1.54, 1.807) is 6.07 Å². The molecular formula is C22H31F3N5O2+. The van der Waals surface area contributed by atoms with Gasteiger partial charge in [-0.1, -0.05) is 29.8 Å². The van der Waals surface area contributed by atoms with Crippen molar-refractivity contribution < 1.29 is 27.6 Å². The summed E-state index contributed by atoms with van der Waals surface area (Å²) in [6.07, 6.45) is 1.43. The lowest BCUT2D eigenvalue weighted by molar-refractivity contribution is -0.847. The van der Waals surface area contributed by atoms with Gasteiger partial charge in [-0.25, -0.2) is 4.79 Å². The van der Waals surface area contributed by atoms with E-state index in [1.807, 2.05) is 0 Å². The van der Waals surface area contributed by atoms with Crippen LogP contribution in [-0.2, 0) is 23.8 Å². The Labute approximate surface area is 185 Å². The van der Waals surface area contributed by atoms with Gasteiger partial charge in [0, 0.05) is 19.3 Å². The summed E-state index contributed by atoms with van der Waals surface area (Å²) < 4.78 is 39.1. The molecule has 32 heavy (non-hydrogen) atoms. The molecule has 176 valence electrons. The molecule has 2 aromatic rings. The maximum absolute atomic E-state index is 12.9. The molecule has 1 aromatic heterocycles. The summed E-state index contributed by atoms with van der Waals surface area (Å²) in [7, 11) is 0. The van der Waals surface area contributed by atoms with Crippen LogP contribution in [0.4, 0.5) is 13.2 Å². The molecule has 0 aliphatic carbocycles. The predicted molar refractivity (Wildman–Crippen MR) is 111 cm³/mol. The van der Waals surface area contributed by atoms with Gasteiger partial charge < -0.3 is 5.11 Å². The Kier molecular flexibility index (Phi) is 8.36. The molecule has 7 nitrogen and oxygen atoms in total. The van der Waals surface area contributed by atoms with Gasteiger partial charge >= 0.3 is 12.1 Å². The van der Waals surface area contributed by atoms with Crippen molar-refractivity contribution in [3.63, 3.8) is 0 Å². The number of halogens is 3. The minimum absolute atomic E-state index is 0.147. The number of hydrogen-bond acceptors (Lipinski definition) is 5. The summed E-state index contributed by atoms with van der Waals surface area (Å²) in [6, 6.07) is 5.07. The maximum Gasteiger partial charge on any atom is 0.416 e. The number of quaternary nitrogens is 1. The van der Waals surface area contributed by atoms with Gasteiger partial charge in [-0.15, -0.1) is 10.2 Å². The summed E-state index contributed by atoms with van der Waals surface area (Å²) in [5.41, 5.74) is -0.257. The molecule has 0 spiro atoms. The largest absolute Gasteiger partial charge is 0.416 e. The highest BCUT2D eigenvalue weighted by atomic mass is 19.4. The summed E-state index contributed by atoms with van der Waals surface area (Å²) in [4.78, 5) is 12.6. The number of aromatic nitrogens is 4. The number of alkyl halides is 3. The van der Waals surface area contributed by atoms with Crippen molar-refractivity contribution in [2.24, 2.45) is 0 Å². The molecule has 1 aliphatic heterocycles. The van der Waals surface area contributed by atoms with Gasteiger partial charge in [-0.3, -0.25) is 4.48 Å². The zero-order valence-corrected chi connectivity index (χ0v) is 18.2. The number of tetrazole rings is 1. The Balaban J connectivity index is 1.45. The number of unbranched alkanes of at least 4 members (excludes halogenated alkanes) is 3. The summed E-state index contributed by atoms with van der Waals surface area (Å²) in [5.74, 6) is 0.918. The minimum Gasteiger partial charge on any atom is -0.393 e. The number of aryl methyl sites for hydroxylation is 1. The van der Waals surface area contributed by atoms with Crippen molar-refractivity contribution in [2.45, 2.75) is 70.1 Å². The molecule has 1 amide bonds. The molecule has 1 aliphatic rings. The topological polar surface area (TPSA) is 91.8 Å². The number of aliphatic hydroxyl groups is 1. The van der Waals surface area contributed by atoms with Gasteiger partial charge in [0.05, 0.1) is 37.7 Å². The van der Waals surface area contributed by atoms with E-state index in [-0.39, 0.29) is 12.3 Å². The summed E-state index contributed by atoms with van der Waals surface area (Å²) in [5, 5.41) is 24.3. The van der Waals surface area contributed by atoms with Gasteiger partial charge in [0.25, 0.3) is 0 Å². The fourth-order valence-corrected chi connectivity index (χ4v) is 4.46. The quantitative estimate of drug-likeness (QED) is 0.379. The minimum atomic E-state index is -4.40. The lowest BCUT2D eigenvalue weighted by Crippen LogP contribution is -2.51. The average molecular weight is 455 g/mol. The van der Waals surface area contributed by atoms with Crippen LogP contribution < -0.4 is 0 Å². The molecule has 1 aromatic carbocycles. The van der Waals surface area contributed by atoms with Gasteiger partial charge in [0.15, 0.2) is 5.82 Å². The molecule has 2 N–H and O–H groups in total. The Bertz CT molecular complexity index is 860. The Morgan fingerprint density at radius 2 is 1.97 bits per heavy atom. The monoisotopic (exact) mass is 454 g/mol. The van der Waals surface area contributed by atoms with Crippen LogP contribution in [0.25, 0.3) is 0 Å². The van der Waals surface area contributed by atoms with E-state index >= 15 is 0 Å². The van der Waals surface area contributed by atoms with Gasteiger partial charge in [0.1, 0.15) is 0 Å². The highest BCUT2D eigenvalue weighted by Gasteiger charge is 2.40. The Hall–Kier alpha value is -2.33. The van der Waals surface area contributed by atoms with Gasteiger partial charge in [0.2, 0.25) is 0 Å². The van der Waals surface area contributed by atoms with Crippen LogP contribution in [0.1, 0.15) is 61.9 Å². The molecule has 1 saturated heterocycles. The number of likely N-dealkylation sites (tertiary alicyclic amines) is 1. The van der Waals surface area contributed by atoms with E-state index in [2.05, 4.69) is 20.6 Å². The lowest BCUT2D eigenvalue weighted by atomic mass is 10.0. The second-order valence-corrected chi connectivity index (χ2v) is 8.65. The van der Waals surface area contributed by atoms with Crippen LogP contribution in [0.15, 0.2) is 24.3 Å². The van der Waals surface area contributed by atoms with Crippen LogP contribution in [0.5, 0.6) is 0 Å². The molecule has 10 heteroatoms. The first kappa shape index (κ1) is 24.3. The van der Waals surface area contributed by atoms with Crippen LogP contribution in [-0.4, -0.2) is 61.9 Å². The van der Waals surface area contributed by atoms with E-state index in [1.165, 1.54) is 6.07 Å². The second-order valence-electron chi connectivity index (χ2n) is 8.65. The van der Waals surface area contributed by atoms with Crippen molar-refractivity contribution in [2.75, 3.05) is 19.6 Å². The molecule has 2 atom stereocenters. The predicted octanol–water partition coefficient (Wildman–Crippen LogP) is 3.45. The number of nitrogens with one attached hydrogen (secondary N) is 1. The van der Waals surface area contributed by atoms with E-state index in [9.17, 15) is 23.1 Å². The highest BCUT2D eigenvalue weighted by Crippen LogP contribution is 2.30. The number of benzene rings is 1. The SMILES string of the molecule is O=C1CCC[N+]1(CCCCCCc1nn[nH]n1)CCC(O)Cc1cccc(C(F)(F)F)c1. The van der Waals surface area contributed by atoms with Crippen LogP contribution in [0.3, 0.4) is 0 Å². The van der Waals surface area contributed by atoms with Crippen molar-refractivity contribution >= 4 is 5.91 Å². The number of carbonyl (C=O) groups is 1. The molecule has 0 bridgehead atoms. The molecular weight excluding hydrogens is 423 g/mol. The number of aromatic amines is 1. The molecule has 0 radical (unpaired) electrons. The molecule has 0 saturated carbocycles. The van der Waals surface area contributed by atoms with Crippen molar-refractivity contribution in [1.29, 1.82) is 0 Å². The standard InChI is InChI=1S/C22H31F3N5O2/c23-22(24,25)18-8-5-7-17(15-18)16-19(31)11-14-30(13-6-10-21(30)32)12-4-2-1-3-9-20-26-28-29-27-20/h5,7-8,15,19,31H,1-4,6,9-14,16H2,(H,26,27,28,29)/q+1. The molecule has 1 fully saturated rings. The van der Waals surface area contributed by atoms with Gasteiger partial charge in [-0.05, 0) is 37.3 Å². The normalized spacial score (nSPS) is 20.1. The molecule has 2 unspecified atom stereocenters. The van der Waals surface area contributed by atoms with E-state index in [4.69, 9.17) is 0 Å². The Morgan fingerprint density at radius 3 is 2.66 bits per heavy atom. The first-order chi connectivity index (χ1) is 15.3. The smallest absolute Gasteiger partial charge is 0.393 e. The van der Waals surface area contributed by atoms with Crippen molar-refractivity contribution in [1.82, 2.24) is 20.6 Å². The van der Waals surface area contributed by atoms with Crippen LogP contribution in [0.2, 0.25) is 0 Å². The number of H-pyrrole nitrogens is 1. The van der Waals surface area contributed by atoms with Crippen LogP contribution in [0, 0.1) is 0 Å². The maximum atomic E-state index is 12.9. The third-order valence-corrected chi connectivity index (χ3v) is 6.25. The summed E-state index contributed by atoms with van der Waals surface area (Å²) >= 11 is 0. The third kappa shape index (κ3) is 6.83. The number of carbonyl (C=O) groups excluding carboxylic acids is 1. The number of rotatable bonds is 12. The first-order valence-corrected chi connectivity index (χ1v) is 11.2. The van der Waals surface area contributed by atoms with Gasteiger partial charge in [-0.2, -0.15) is 18.4 Å². The fourth-order valence-electron chi connectivity index (χ4n) is 4.46. The average Bonchev–Trinajstić information content (AvgIpc) is 3.39. The fraction of sp³-hybridized carbons (Fsp3) is 0.636. The zero-order chi connectivity index (χ0) is 23.0. The zero-order valence-electron chi connectivity index (χ0n) is 18.2. The Morgan fingerprint density at radius 1 is 1.16 bits per heavy atom. The second kappa shape index (κ2) is 11.0. The number of aliphatic hydroxyl groups excluding tert-OH is 1. The number of hydrogen-bond donors (Lipinski definition) is 2. The van der Waals surface area contributed by atoms with Crippen LogP contribution >= 0.6 is 0 Å². The number of amides is 1. The third-order valence-electron chi connectivity index (χ3n) is 6.25. The summed E-state index contributed by atoms with van der Waals surface area (Å²) in [6.45, 7) is 2.05. The van der Waals surface area contributed by atoms with E-state index in [0.29, 0.717) is 35.3 Å². The first-order valence-electron chi connectivity index (χ1n) is 11.2. The molecule has 3 rings (SSSR count). The highest BCUT2D eigenvalue weighted by molar-refractivity contribution is 5.70. The van der Waals surface area contributed by atoms with E-state index in [0.717, 1.165) is 63.7 Å². The molecule has 2 heterocycles. The number of nitrogens with zero attached hydrogens (tertiary/aromatic N) is 4. The van der Waals surface area contributed by atoms with Crippen molar-refractivity contribution in [3.8, 4) is 0 Å². The van der Waals surface area contributed by atoms with E-state index < -0.39 is 17.8 Å².